The van der Waals surface area contributed by atoms with Gasteiger partial charge in [-0.25, -0.2) is 0 Å². The largest absolute Gasteiger partial charge is 0.493 e. The molecule has 1 amide bonds. The van der Waals surface area contributed by atoms with E-state index in [1.54, 1.807) is 14.2 Å². The van der Waals surface area contributed by atoms with Gasteiger partial charge in [-0.1, -0.05) is 6.07 Å². The van der Waals surface area contributed by atoms with E-state index in [0.29, 0.717) is 18.2 Å². The predicted octanol–water partition coefficient (Wildman–Crippen LogP) is 2.76. The van der Waals surface area contributed by atoms with Crippen LogP contribution in [0.1, 0.15) is 43.7 Å². The Kier molecular flexibility index (Phi) is 5.61. The number of likely N-dealkylation sites (tertiary alicyclic amines) is 1. The van der Waals surface area contributed by atoms with Crippen molar-refractivity contribution < 1.29 is 14.3 Å². The number of hydrogen-bond donors (Lipinski definition) is 1. The highest BCUT2D eigenvalue weighted by molar-refractivity contribution is 5.77. The van der Waals surface area contributed by atoms with Gasteiger partial charge < -0.3 is 19.7 Å². The minimum atomic E-state index is 0.166. The molecule has 2 unspecified atom stereocenters. The van der Waals surface area contributed by atoms with Crippen LogP contribution in [-0.4, -0.2) is 44.7 Å². The first-order valence-corrected chi connectivity index (χ1v) is 8.95. The zero-order valence-corrected chi connectivity index (χ0v) is 14.7. The number of hydrogen-bond acceptors (Lipinski definition) is 4. The predicted molar refractivity (Wildman–Crippen MR) is 93.4 cm³/mol. The summed E-state index contributed by atoms with van der Waals surface area (Å²) in [6.07, 6.45) is 4.95. The molecule has 2 aliphatic heterocycles. The molecule has 1 N–H and O–H groups in total. The molecule has 0 aliphatic carbocycles. The lowest BCUT2D eigenvalue weighted by molar-refractivity contribution is -0.132. The standard InChI is InChI=1S/C19H28N2O3/c1-23-17-7-6-15(12-18(17)24-2)16-4-3-11-21(16)19(22)8-5-14-9-10-20-13-14/h6-7,12,14,16,20H,3-5,8-11,13H2,1-2H3. The van der Waals surface area contributed by atoms with Gasteiger partial charge in [0.2, 0.25) is 5.91 Å². The van der Waals surface area contributed by atoms with Crippen molar-refractivity contribution in [2.45, 2.75) is 38.1 Å². The smallest absolute Gasteiger partial charge is 0.223 e. The molecular formula is C19H28N2O3. The molecule has 0 bridgehead atoms. The molecule has 24 heavy (non-hydrogen) atoms. The van der Waals surface area contributed by atoms with E-state index in [4.69, 9.17) is 9.47 Å². The molecule has 2 fully saturated rings. The molecule has 2 aliphatic rings. The summed E-state index contributed by atoms with van der Waals surface area (Å²) in [7, 11) is 3.29. The fraction of sp³-hybridized carbons (Fsp3) is 0.632. The van der Waals surface area contributed by atoms with Crippen LogP contribution < -0.4 is 14.8 Å². The zero-order valence-electron chi connectivity index (χ0n) is 14.7. The van der Waals surface area contributed by atoms with Gasteiger partial charge in [0.05, 0.1) is 20.3 Å². The lowest BCUT2D eigenvalue weighted by Gasteiger charge is -2.26. The van der Waals surface area contributed by atoms with Gasteiger partial charge in [0, 0.05) is 13.0 Å². The third-order valence-corrected chi connectivity index (χ3v) is 5.29. The van der Waals surface area contributed by atoms with Crippen molar-refractivity contribution in [3.8, 4) is 11.5 Å². The van der Waals surface area contributed by atoms with E-state index < -0.39 is 0 Å². The lowest BCUT2D eigenvalue weighted by atomic mass is 10.0. The number of ether oxygens (including phenoxy) is 2. The van der Waals surface area contributed by atoms with Gasteiger partial charge in [-0.05, 0) is 62.4 Å². The fourth-order valence-corrected chi connectivity index (χ4v) is 3.90. The zero-order chi connectivity index (χ0) is 16.9. The van der Waals surface area contributed by atoms with Crippen molar-refractivity contribution in [1.82, 2.24) is 10.2 Å². The van der Waals surface area contributed by atoms with Crippen molar-refractivity contribution in [2.75, 3.05) is 33.9 Å². The van der Waals surface area contributed by atoms with Crippen LogP contribution in [0.5, 0.6) is 11.5 Å². The van der Waals surface area contributed by atoms with E-state index in [-0.39, 0.29) is 6.04 Å². The number of benzene rings is 1. The summed E-state index contributed by atoms with van der Waals surface area (Å²) in [4.78, 5) is 14.8. The van der Waals surface area contributed by atoms with Crippen LogP contribution in [0.3, 0.4) is 0 Å². The van der Waals surface area contributed by atoms with E-state index in [1.807, 2.05) is 12.1 Å². The maximum Gasteiger partial charge on any atom is 0.223 e. The van der Waals surface area contributed by atoms with Crippen LogP contribution in [0, 0.1) is 5.92 Å². The van der Waals surface area contributed by atoms with Crippen molar-refractivity contribution in [3.63, 3.8) is 0 Å². The van der Waals surface area contributed by atoms with E-state index in [0.717, 1.165) is 56.0 Å². The lowest BCUT2D eigenvalue weighted by Crippen LogP contribution is -2.30. The molecule has 5 heteroatoms. The third kappa shape index (κ3) is 3.66. The minimum absolute atomic E-state index is 0.166. The van der Waals surface area contributed by atoms with Gasteiger partial charge >= 0.3 is 0 Å². The molecule has 0 radical (unpaired) electrons. The Balaban J connectivity index is 1.67. The van der Waals surface area contributed by atoms with Crippen molar-refractivity contribution in [2.24, 2.45) is 5.92 Å². The second kappa shape index (κ2) is 7.88. The molecule has 132 valence electrons. The van der Waals surface area contributed by atoms with E-state index in [9.17, 15) is 4.79 Å². The van der Waals surface area contributed by atoms with E-state index in [1.165, 1.54) is 6.42 Å². The summed E-state index contributed by atoms with van der Waals surface area (Å²) in [6.45, 7) is 3.02. The van der Waals surface area contributed by atoms with Crippen LogP contribution in [-0.2, 0) is 4.79 Å². The highest BCUT2D eigenvalue weighted by atomic mass is 16.5. The second-order valence-corrected chi connectivity index (χ2v) is 6.76. The summed E-state index contributed by atoms with van der Waals surface area (Å²) in [5.41, 5.74) is 1.14. The summed E-state index contributed by atoms with van der Waals surface area (Å²) in [5, 5.41) is 3.37. The second-order valence-electron chi connectivity index (χ2n) is 6.76. The van der Waals surface area contributed by atoms with Crippen molar-refractivity contribution in [1.29, 1.82) is 0 Å². The van der Waals surface area contributed by atoms with E-state index in [2.05, 4.69) is 16.3 Å². The molecule has 3 rings (SSSR count). The van der Waals surface area contributed by atoms with Gasteiger partial charge in [-0.2, -0.15) is 0 Å². The first-order valence-electron chi connectivity index (χ1n) is 8.95. The minimum Gasteiger partial charge on any atom is -0.493 e. The van der Waals surface area contributed by atoms with Crippen LogP contribution in [0.2, 0.25) is 0 Å². The monoisotopic (exact) mass is 332 g/mol. The Bertz CT molecular complexity index is 570. The molecule has 2 heterocycles. The van der Waals surface area contributed by atoms with Gasteiger partial charge in [0.15, 0.2) is 11.5 Å². The maximum absolute atomic E-state index is 12.7. The van der Waals surface area contributed by atoms with Gasteiger partial charge in [0.1, 0.15) is 0 Å². The Morgan fingerprint density at radius 1 is 1.25 bits per heavy atom. The summed E-state index contributed by atoms with van der Waals surface area (Å²) in [5.74, 6) is 2.41. The fourth-order valence-electron chi connectivity index (χ4n) is 3.90. The SMILES string of the molecule is COc1ccc(C2CCCN2C(=O)CCC2CCNC2)cc1OC. The van der Waals surface area contributed by atoms with Crippen LogP contribution >= 0.6 is 0 Å². The molecule has 0 aromatic heterocycles. The average molecular weight is 332 g/mol. The number of rotatable bonds is 6. The Labute approximate surface area is 144 Å². The Hall–Kier alpha value is -1.75. The molecule has 2 atom stereocenters. The number of carbonyl (C=O) groups is 1. The molecule has 1 aromatic rings. The number of amides is 1. The molecule has 2 saturated heterocycles. The van der Waals surface area contributed by atoms with Crippen LogP contribution in [0.15, 0.2) is 18.2 Å². The van der Waals surface area contributed by atoms with Crippen LogP contribution in [0.4, 0.5) is 0 Å². The molecule has 0 spiro atoms. The van der Waals surface area contributed by atoms with Crippen LogP contribution in [0.25, 0.3) is 0 Å². The summed E-state index contributed by atoms with van der Waals surface area (Å²) in [6, 6.07) is 6.16. The van der Waals surface area contributed by atoms with Gasteiger partial charge in [0.25, 0.3) is 0 Å². The molecule has 5 nitrogen and oxygen atoms in total. The molecule has 0 saturated carbocycles. The highest BCUT2D eigenvalue weighted by Gasteiger charge is 2.30. The Morgan fingerprint density at radius 3 is 2.79 bits per heavy atom. The van der Waals surface area contributed by atoms with E-state index >= 15 is 0 Å². The van der Waals surface area contributed by atoms with Crippen molar-refractivity contribution >= 4 is 5.91 Å². The number of carbonyl (C=O) groups excluding carboxylic acids is 1. The van der Waals surface area contributed by atoms with Gasteiger partial charge in [-0.15, -0.1) is 0 Å². The first kappa shape index (κ1) is 17.1. The summed E-state index contributed by atoms with van der Waals surface area (Å²) < 4.78 is 10.7. The first-order chi connectivity index (χ1) is 11.7. The third-order valence-electron chi connectivity index (χ3n) is 5.29. The number of nitrogens with zero attached hydrogens (tertiary/aromatic N) is 1. The van der Waals surface area contributed by atoms with Gasteiger partial charge in [-0.3, -0.25) is 4.79 Å². The number of methoxy groups -OCH3 is 2. The summed E-state index contributed by atoms with van der Waals surface area (Å²) >= 11 is 0. The normalized spacial score (nSPS) is 23.5. The topological polar surface area (TPSA) is 50.8 Å². The molecular weight excluding hydrogens is 304 g/mol. The maximum atomic E-state index is 12.7. The quantitative estimate of drug-likeness (QED) is 0.870. The van der Waals surface area contributed by atoms with Crippen molar-refractivity contribution in [3.05, 3.63) is 23.8 Å². The number of nitrogens with one attached hydrogen (secondary N) is 1. The molecule has 1 aromatic carbocycles. The Morgan fingerprint density at radius 2 is 2.08 bits per heavy atom. The highest BCUT2D eigenvalue weighted by Crippen LogP contribution is 2.37. The average Bonchev–Trinajstić information content (AvgIpc) is 3.30.